The lowest BCUT2D eigenvalue weighted by molar-refractivity contribution is 0.368. The summed E-state index contributed by atoms with van der Waals surface area (Å²) in [6.45, 7) is 38.1. The molecule has 1 aliphatic rings. The highest BCUT2D eigenvalue weighted by atomic mass is 28.3. The van der Waals surface area contributed by atoms with E-state index in [2.05, 4.69) is 199 Å². The fourth-order valence-corrected chi connectivity index (χ4v) is 14.3. The molecular weight excluding hydrogens is 685 g/mol. The Bertz CT molecular complexity index is 2070. The van der Waals surface area contributed by atoms with E-state index < -0.39 is 16.1 Å². The highest BCUT2D eigenvalue weighted by Crippen LogP contribution is 2.51. The molecule has 0 atom stereocenters. The molecule has 0 N–H and O–H groups in total. The summed E-state index contributed by atoms with van der Waals surface area (Å²) in [7, 11) is -4.38. The van der Waals surface area contributed by atoms with Gasteiger partial charge in [0.05, 0.1) is 16.1 Å². The van der Waals surface area contributed by atoms with Gasteiger partial charge in [0.2, 0.25) is 0 Å². The second-order valence-electron chi connectivity index (χ2n) is 20.1. The van der Waals surface area contributed by atoms with Crippen LogP contribution in [0, 0.1) is 6.92 Å². The number of ether oxygens (including phenoxy) is 1. The van der Waals surface area contributed by atoms with Crippen molar-refractivity contribution in [2.24, 2.45) is 0 Å². The molecule has 0 spiro atoms. The van der Waals surface area contributed by atoms with Crippen molar-refractivity contribution in [2.75, 3.05) is 6.61 Å². The van der Waals surface area contributed by atoms with Crippen molar-refractivity contribution in [3.05, 3.63) is 138 Å². The number of hydrogen-bond acceptors (Lipinski definition) is 1. The van der Waals surface area contributed by atoms with Gasteiger partial charge in [-0.15, -0.1) is 0 Å². The van der Waals surface area contributed by atoms with Crippen molar-refractivity contribution < 1.29 is 4.74 Å². The number of rotatable bonds is 8. The van der Waals surface area contributed by atoms with Crippen LogP contribution in [0.25, 0.3) is 33.4 Å². The van der Waals surface area contributed by atoms with Gasteiger partial charge in [0.25, 0.3) is 0 Å². The van der Waals surface area contributed by atoms with Crippen molar-refractivity contribution in [3.63, 3.8) is 0 Å². The molecular formula is C51H64OSi2. The fourth-order valence-electron chi connectivity index (χ4n) is 8.30. The van der Waals surface area contributed by atoms with E-state index in [0.29, 0.717) is 6.61 Å². The van der Waals surface area contributed by atoms with Gasteiger partial charge in [0, 0.05) is 5.54 Å². The number of aryl methyl sites for hydroxylation is 1. The molecule has 1 aliphatic carbocycles. The third kappa shape index (κ3) is 7.27. The van der Waals surface area contributed by atoms with Crippen LogP contribution in [-0.2, 0) is 10.8 Å². The number of hydrogen-bond donors (Lipinski definition) is 0. The first-order valence-corrected chi connectivity index (χ1v) is 26.0. The Balaban J connectivity index is 1.59. The predicted molar refractivity (Wildman–Crippen MR) is 243 cm³/mol. The van der Waals surface area contributed by atoms with Crippen LogP contribution >= 0.6 is 0 Å². The summed E-state index contributed by atoms with van der Waals surface area (Å²) in [6.07, 6.45) is 1.90. The Morgan fingerprint density at radius 2 is 0.981 bits per heavy atom. The predicted octanol–water partition coefficient (Wildman–Crippen LogP) is 13.5. The average Bonchev–Trinajstić information content (AvgIpc) is 3.43. The zero-order chi connectivity index (χ0) is 39.6. The van der Waals surface area contributed by atoms with E-state index in [1.807, 2.05) is 6.08 Å². The van der Waals surface area contributed by atoms with Crippen molar-refractivity contribution in [1.82, 2.24) is 0 Å². The molecule has 0 unspecified atom stereocenters. The van der Waals surface area contributed by atoms with Crippen LogP contribution in [0.5, 0.6) is 5.75 Å². The minimum atomic E-state index is -2.40. The van der Waals surface area contributed by atoms with Crippen molar-refractivity contribution in [3.8, 4) is 39.1 Å². The van der Waals surface area contributed by atoms with Crippen LogP contribution < -0.4 is 15.1 Å². The van der Waals surface area contributed by atoms with E-state index in [1.165, 1.54) is 71.6 Å². The van der Waals surface area contributed by atoms with Gasteiger partial charge in [-0.2, -0.15) is 0 Å². The highest BCUT2D eigenvalue weighted by Gasteiger charge is 2.46. The summed E-state index contributed by atoms with van der Waals surface area (Å²) in [5.74, 6) is 1.13. The van der Waals surface area contributed by atoms with Gasteiger partial charge in [-0.1, -0.05) is 204 Å². The minimum absolute atomic E-state index is 0.117. The van der Waals surface area contributed by atoms with Gasteiger partial charge in [0.15, 0.2) is 0 Å². The Kier molecular flexibility index (Phi) is 10.3. The van der Waals surface area contributed by atoms with Crippen LogP contribution in [-0.4, -0.2) is 22.8 Å². The lowest BCUT2D eigenvalue weighted by Gasteiger charge is -2.41. The van der Waals surface area contributed by atoms with Crippen LogP contribution in [0.2, 0.25) is 31.2 Å². The van der Waals surface area contributed by atoms with Gasteiger partial charge in [-0.3, -0.25) is 0 Å². The quantitative estimate of drug-likeness (QED) is 0.113. The largest absolute Gasteiger partial charge is 0.490 e. The molecule has 3 heteroatoms. The van der Waals surface area contributed by atoms with E-state index >= 15 is 0 Å². The van der Waals surface area contributed by atoms with Crippen LogP contribution in [0.15, 0.2) is 110 Å². The minimum Gasteiger partial charge on any atom is -0.490 e. The molecule has 0 saturated carbocycles. The molecule has 0 bridgehead atoms. The monoisotopic (exact) mass is 748 g/mol. The summed E-state index contributed by atoms with van der Waals surface area (Å²) in [5.41, 5.74) is 15.3. The van der Waals surface area contributed by atoms with Gasteiger partial charge >= 0.3 is 0 Å². The molecule has 282 valence electrons. The molecule has 0 saturated heterocycles. The molecule has 54 heavy (non-hydrogen) atoms. The molecule has 0 radical (unpaired) electrons. The fraction of sp³-hybridized carbons (Fsp3) is 0.373. The molecule has 1 nitrogen and oxygen atoms in total. The molecule has 6 rings (SSSR count). The first kappa shape index (κ1) is 39.8. The summed E-state index contributed by atoms with van der Waals surface area (Å²) in [6, 6.07) is 37.9. The van der Waals surface area contributed by atoms with Crippen molar-refractivity contribution in [2.45, 2.75) is 117 Å². The van der Waals surface area contributed by atoms with Crippen LogP contribution in [0.3, 0.4) is 0 Å². The first-order valence-electron chi connectivity index (χ1n) is 19.9. The zero-order valence-corrected chi connectivity index (χ0v) is 37.7. The number of fused-ring (bicyclic) bond motifs is 3. The maximum Gasteiger partial charge on any atom is 0.118 e. The maximum atomic E-state index is 6.89. The summed E-state index contributed by atoms with van der Waals surface area (Å²) in [4.78, 5) is 0. The SMILES string of the molecule is C=CCOc1c([Si](C)(C)C2c3cc(-c4ccc(C(C)(C)C)cc4)ccc3-c3ccc(-c4ccc(C(C)(C)C)cc4)cc32)cc(C)cc1[Si](C)(C)C(C)(C)C. The Morgan fingerprint density at radius 3 is 1.37 bits per heavy atom. The van der Waals surface area contributed by atoms with E-state index in [1.54, 1.807) is 0 Å². The summed E-state index contributed by atoms with van der Waals surface area (Å²) < 4.78 is 6.89. The van der Waals surface area contributed by atoms with Crippen LogP contribution in [0.1, 0.15) is 95.7 Å². The molecule has 0 heterocycles. The Labute approximate surface area is 330 Å². The van der Waals surface area contributed by atoms with Gasteiger partial charge in [0.1, 0.15) is 12.4 Å². The maximum absolute atomic E-state index is 6.89. The van der Waals surface area contributed by atoms with Crippen molar-refractivity contribution in [1.29, 1.82) is 0 Å². The van der Waals surface area contributed by atoms with E-state index in [9.17, 15) is 0 Å². The second-order valence-corrected chi connectivity index (χ2v) is 29.9. The van der Waals surface area contributed by atoms with E-state index in [0.717, 1.165) is 5.75 Å². The Hall–Kier alpha value is -3.93. The Morgan fingerprint density at radius 1 is 0.574 bits per heavy atom. The smallest absolute Gasteiger partial charge is 0.118 e. The third-order valence-corrected chi connectivity index (χ3v) is 22.0. The molecule has 0 fully saturated rings. The second kappa shape index (κ2) is 14.0. The average molecular weight is 749 g/mol. The number of benzene rings is 5. The normalized spacial score (nSPS) is 13.8. The van der Waals surface area contributed by atoms with E-state index in [4.69, 9.17) is 4.74 Å². The summed E-state index contributed by atoms with van der Waals surface area (Å²) >= 11 is 0. The molecule has 0 aliphatic heterocycles. The van der Waals surface area contributed by atoms with Crippen LogP contribution in [0.4, 0.5) is 0 Å². The molecule has 5 aromatic carbocycles. The van der Waals surface area contributed by atoms with Gasteiger partial charge < -0.3 is 4.74 Å². The zero-order valence-electron chi connectivity index (χ0n) is 35.7. The topological polar surface area (TPSA) is 9.23 Å². The van der Waals surface area contributed by atoms with Gasteiger partial charge in [-0.05, 0) is 88.8 Å². The van der Waals surface area contributed by atoms with Crippen molar-refractivity contribution >= 4 is 26.5 Å². The summed E-state index contributed by atoms with van der Waals surface area (Å²) in [5, 5.41) is 3.02. The molecule has 5 aromatic rings. The lowest BCUT2D eigenvalue weighted by Crippen LogP contribution is -2.55. The molecule has 0 aromatic heterocycles. The van der Waals surface area contributed by atoms with E-state index in [-0.39, 0.29) is 21.4 Å². The lowest BCUT2D eigenvalue weighted by atomic mass is 9.86. The van der Waals surface area contributed by atoms with Gasteiger partial charge in [-0.25, -0.2) is 0 Å². The first-order chi connectivity index (χ1) is 25.1. The standard InChI is InChI=1S/C51H64OSi2/c1-16-29-52-47-45(30-34(2)31-46(47)54(14,15)51(9,10)11)53(12,13)48-43-32-37(35-17-23-39(24-18-35)49(3,4)5)21-27-41(43)42-28-22-38(33-44(42)48)36-19-25-40(26-20-36)50(6,7)8/h16-28,30-33,48H,1,29H2,2-15H3. The highest BCUT2D eigenvalue weighted by molar-refractivity contribution is 6.95. The molecule has 0 amide bonds. The third-order valence-electron chi connectivity index (χ3n) is 12.7.